The Morgan fingerprint density at radius 3 is 2.26 bits per heavy atom. The van der Waals surface area contributed by atoms with Gasteiger partial charge in [0.15, 0.2) is 0 Å². The molecule has 0 aliphatic rings. The van der Waals surface area contributed by atoms with Crippen LogP contribution in [0.2, 0.25) is 0 Å². The topological polar surface area (TPSA) is 15.3 Å². The van der Waals surface area contributed by atoms with Crippen molar-refractivity contribution in [2.45, 2.75) is 40.5 Å². The fourth-order valence-electron chi connectivity index (χ4n) is 2.38. The first kappa shape index (κ1) is 16.0. The third-order valence-electron chi connectivity index (χ3n) is 3.48. The minimum Gasteiger partial charge on any atom is -0.374 e. The predicted octanol–water partition coefficient (Wildman–Crippen LogP) is 3.71. The van der Waals surface area contributed by atoms with Gasteiger partial charge in [-0.15, -0.1) is 0 Å². The minimum absolute atomic E-state index is 0.285. The summed E-state index contributed by atoms with van der Waals surface area (Å²) in [7, 11) is 2.18. The van der Waals surface area contributed by atoms with Crippen LogP contribution in [0.3, 0.4) is 0 Å². The zero-order valence-electron chi connectivity index (χ0n) is 13.3. The largest absolute Gasteiger partial charge is 0.374 e. The second kappa shape index (κ2) is 7.54. The minimum atomic E-state index is 0.285. The van der Waals surface area contributed by atoms with Gasteiger partial charge in [0, 0.05) is 25.8 Å². The maximum Gasteiger partial charge on any atom is 0.0363 e. The van der Waals surface area contributed by atoms with Crippen LogP contribution in [0.5, 0.6) is 0 Å². The van der Waals surface area contributed by atoms with E-state index in [0.717, 1.165) is 26.1 Å². The molecule has 0 spiro atoms. The SMILES string of the molecule is CCCNCC(C)(C)CN(C)c1ccc(CC)cc1. The molecule has 0 saturated carbocycles. The van der Waals surface area contributed by atoms with Crippen LogP contribution in [-0.4, -0.2) is 26.7 Å². The summed E-state index contributed by atoms with van der Waals surface area (Å²) in [6.07, 6.45) is 2.31. The van der Waals surface area contributed by atoms with Crippen molar-refractivity contribution < 1.29 is 0 Å². The van der Waals surface area contributed by atoms with E-state index in [9.17, 15) is 0 Å². The molecule has 1 aromatic rings. The molecule has 0 aromatic heterocycles. The first-order valence-electron chi connectivity index (χ1n) is 7.49. The molecule has 0 saturated heterocycles. The number of benzene rings is 1. The summed E-state index contributed by atoms with van der Waals surface area (Å²) in [5, 5.41) is 3.52. The molecule has 0 fully saturated rings. The summed E-state index contributed by atoms with van der Waals surface area (Å²) < 4.78 is 0. The highest BCUT2D eigenvalue weighted by Gasteiger charge is 2.19. The van der Waals surface area contributed by atoms with Crippen molar-refractivity contribution in [1.29, 1.82) is 0 Å². The second-order valence-corrected chi connectivity index (χ2v) is 6.22. The van der Waals surface area contributed by atoms with Crippen molar-refractivity contribution in [2.75, 3.05) is 31.6 Å². The third-order valence-corrected chi connectivity index (χ3v) is 3.48. The van der Waals surface area contributed by atoms with E-state index in [2.05, 4.69) is 69.2 Å². The van der Waals surface area contributed by atoms with Gasteiger partial charge < -0.3 is 10.2 Å². The van der Waals surface area contributed by atoms with E-state index in [1.165, 1.54) is 17.7 Å². The first-order valence-corrected chi connectivity index (χ1v) is 7.49. The average molecular weight is 262 g/mol. The Bertz CT molecular complexity index is 354. The Hall–Kier alpha value is -1.02. The van der Waals surface area contributed by atoms with E-state index >= 15 is 0 Å². The van der Waals surface area contributed by atoms with E-state index in [-0.39, 0.29) is 5.41 Å². The van der Waals surface area contributed by atoms with E-state index in [1.807, 2.05) is 0 Å². The number of rotatable bonds is 8. The van der Waals surface area contributed by atoms with E-state index in [4.69, 9.17) is 0 Å². The normalized spacial score (nSPS) is 11.6. The summed E-state index contributed by atoms with van der Waals surface area (Å²) in [6, 6.07) is 8.92. The number of nitrogens with one attached hydrogen (secondary N) is 1. The van der Waals surface area contributed by atoms with Crippen LogP contribution >= 0.6 is 0 Å². The molecule has 19 heavy (non-hydrogen) atoms. The van der Waals surface area contributed by atoms with Gasteiger partial charge >= 0.3 is 0 Å². The molecule has 0 bridgehead atoms. The van der Waals surface area contributed by atoms with E-state index in [1.54, 1.807) is 0 Å². The summed E-state index contributed by atoms with van der Waals surface area (Å²) in [5.74, 6) is 0. The number of nitrogens with zero attached hydrogens (tertiary/aromatic N) is 1. The number of hydrogen-bond acceptors (Lipinski definition) is 2. The van der Waals surface area contributed by atoms with Gasteiger partial charge in [-0.1, -0.05) is 39.8 Å². The molecule has 1 N–H and O–H groups in total. The fourth-order valence-corrected chi connectivity index (χ4v) is 2.38. The molecule has 108 valence electrons. The lowest BCUT2D eigenvalue weighted by molar-refractivity contribution is 0.347. The van der Waals surface area contributed by atoms with Gasteiger partial charge in [0.1, 0.15) is 0 Å². The zero-order chi connectivity index (χ0) is 14.3. The molecule has 0 amide bonds. The molecule has 2 nitrogen and oxygen atoms in total. The predicted molar refractivity (Wildman–Crippen MR) is 86.0 cm³/mol. The van der Waals surface area contributed by atoms with Gasteiger partial charge in [-0.25, -0.2) is 0 Å². The van der Waals surface area contributed by atoms with Gasteiger partial charge in [0.2, 0.25) is 0 Å². The highest BCUT2D eigenvalue weighted by Crippen LogP contribution is 2.21. The summed E-state index contributed by atoms with van der Waals surface area (Å²) >= 11 is 0. The number of hydrogen-bond donors (Lipinski definition) is 1. The van der Waals surface area contributed by atoms with Gasteiger partial charge in [-0.3, -0.25) is 0 Å². The highest BCUT2D eigenvalue weighted by atomic mass is 15.1. The molecule has 0 unspecified atom stereocenters. The van der Waals surface area contributed by atoms with Crippen LogP contribution < -0.4 is 10.2 Å². The molecule has 0 heterocycles. The molecule has 0 aliphatic heterocycles. The molecule has 0 atom stereocenters. The van der Waals surface area contributed by atoms with Crippen molar-refractivity contribution in [2.24, 2.45) is 5.41 Å². The van der Waals surface area contributed by atoms with Gasteiger partial charge in [-0.05, 0) is 42.5 Å². The van der Waals surface area contributed by atoms with Crippen molar-refractivity contribution in [3.05, 3.63) is 29.8 Å². The van der Waals surface area contributed by atoms with Crippen LogP contribution in [0, 0.1) is 5.41 Å². The molecule has 1 rings (SSSR count). The monoisotopic (exact) mass is 262 g/mol. The average Bonchev–Trinajstić information content (AvgIpc) is 2.38. The molecule has 1 aromatic carbocycles. The van der Waals surface area contributed by atoms with Crippen LogP contribution in [0.25, 0.3) is 0 Å². The molecule has 0 aliphatic carbocycles. The Balaban J connectivity index is 2.54. The Kier molecular flexibility index (Phi) is 6.36. The second-order valence-electron chi connectivity index (χ2n) is 6.22. The Morgan fingerprint density at radius 1 is 1.11 bits per heavy atom. The van der Waals surface area contributed by atoms with Gasteiger partial charge in [0.25, 0.3) is 0 Å². The Labute approximate surface area is 119 Å². The standard InChI is InChI=1S/C17H30N2/c1-6-12-18-13-17(3,4)14-19(5)16-10-8-15(7-2)9-11-16/h8-11,18H,6-7,12-14H2,1-5H3. The van der Waals surface area contributed by atoms with Crippen LogP contribution in [0.4, 0.5) is 5.69 Å². The van der Waals surface area contributed by atoms with Crippen LogP contribution in [0.15, 0.2) is 24.3 Å². The van der Waals surface area contributed by atoms with Crippen LogP contribution in [0.1, 0.15) is 39.7 Å². The summed E-state index contributed by atoms with van der Waals surface area (Å²) in [4.78, 5) is 2.35. The molecular weight excluding hydrogens is 232 g/mol. The van der Waals surface area contributed by atoms with Crippen molar-refractivity contribution in [1.82, 2.24) is 5.32 Å². The van der Waals surface area contributed by atoms with Crippen molar-refractivity contribution >= 4 is 5.69 Å². The highest BCUT2D eigenvalue weighted by molar-refractivity contribution is 5.47. The maximum atomic E-state index is 3.52. The van der Waals surface area contributed by atoms with Crippen LogP contribution in [-0.2, 0) is 6.42 Å². The smallest absolute Gasteiger partial charge is 0.0363 e. The Morgan fingerprint density at radius 2 is 1.74 bits per heavy atom. The molecule has 2 heteroatoms. The molecule has 0 radical (unpaired) electrons. The lowest BCUT2D eigenvalue weighted by Gasteiger charge is -2.32. The number of anilines is 1. The third kappa shape index (κ3) is 5.65. The van der Waals surface area contributed by atoms with Crippen molar-refractivity contribution in [3.8, 4) is 0 Å². The van der Waals surface area contributed by atoms with Gasteiger partial charge in [0.05, 0.1) is 0 Å². The van der Waals surface area contributed by atoms with Crippen molar-refractivity contribution in [3.63, 3.8) is 0 Å². The fraction of sp³-hybridized carbons (Fsp3) is 0.647. The lowest BCUT2D eigenvalue weighted by Crippen LogP contribution is -2.39. The van der Waals surface area contributed by atoms with E-state index in [0.29, 0.717) is 0 Å². The quantitative estimate of drug-likeness (QED) is 0.718. The zero-order valence-corrected chi connectivity index (χ0v) is 13.3. The summed E-state index contributed by atoms with van der Waals surface area (Å²) in [6.45, 7) is 12.3. The van der Waals surface area contributed by atoms with E-state index < -0.39 is 0 Å². The molecular formula is C17H30N2. The maximum absolute atomic E-state index is 3.52. The summed E-state index contributed by atoms with van der Waals surface area (Å²) in [5.41, 5.74) is 3.00. The lowest BCUT2D eigenvalue weighted by atomic mass is 9.92. The van der Waals surface area contributed by atoms with Gasteiger partial charge in [-0.2, -0.15) is 0 Å². The number of aryl methyl sites for hydroxylation is 1. The first-order chi connectivity index (χ1) is 8.98.